The molecule has 0 aliphatic heterocycles. The molecular formula is C28H44O2. The molecule has 2 heteroatoms. The maximum Gasteiger partial charge on any atom is 0.136 e. The maximum atomic E-state index is 12.4. The van der Waals surface area contributed by atoms with Crippen molar-refractivity contribution in [3.05, 3.63) is 0 Å². The molecule has 2 nitrogen and oxygen atoms in total. The van der Waals surface area contributed by atoms with Crippen molar-refractivity contribution in [1.82, 2.24) is 0 Å². The molecule has 9 unspecified atom stereocenters. The summed E-state index contributed by atoms with van der Waals surface area (Å²) in [7, 11) is 0. The quantitative estimate of drug-likeness (QED) is 0.516. The first kappa shape index (κ1) is 22.4. The highest BCUT2D eigenvalue weighted by molar-refractivity contribution is 5.82. The van der Waals surface area contributed by atoms with E-state index in [-0.39, 0.29) is 11.3 Å². The molecule has 0 heterocycles. The lowest BCUT2D eigenvalue weighted by molar-refractivity contribution is -0.187. The molecule has 0 aromatic heterocycles. The molecule has 0 radical (unpaired) electrons. The number of hydrogen-bond acceptors (Lipinski definition) is 2. The molecule has 5 aliphatic carbocycles. The summed E-state index contributed by atoms with van der Waals surface area (Å²) in [6.45, 7) is 9.53. The molecule has 0 aromatic rings. The minimum absolute atomic E-state index is 0.275. The monoisotopic (exact) mass is 412 g/mol. The van der Waals surface area contributed by atoms with Crippen molar-refractivity contribution >= 4 is 5.78 Å². The number of Topliss-reactive ketones (excluding diaryl/α,β-unsaturated/α-hetero) is 1. The van der Waals surface area contributed by atoms with E-state index < -0.39 is 0 Å². The van der Waals surface area contributed by atoms with Crippen LogP contribution in [0.4, 0.5) is 0 Å². The van der Waals surface area contributed by atoms with Gasteiger partial charge in [-0.05, 0) is 111 Å². The first-order chi connectivity index (χ1) is 14.3. The summed E-state index contributed by atoms with van der Waals surface area (Å²) in [4.78, 5) is 12.4. The predicted molar refractivity (Wildman–Crippen MR) is 123 cm³/mol. The normalized spacial score (nSPS) is 51.9. The van der Waals surface area contributed by atoms with Crippen LogP contribution in [0.25, 0.3) is 0 Å². The zero-order valence-electron chi connectivity index (χ0n) is 19.9. The predicted octanol–water partition coefficient (Wildman–Crippen LogP) is 6.26. The van der Waals surface area contributed by atoms with Gasteiger partial charge in [-0.15, -0.1) is 12.3 Å². The van der Waals surface area contributed by atoms with Crippen molar-refractivity contribution < 1.29 is 9.90 Å². The van der Waals surface area contributed by atoms with E-state index >= 15 is 0 Å². The molecule has 0 saturated heterocycles. The van der Waals surface area contributed by atoms with Crippen molar-refractivity contribution in [3.8, 4) is 12.3 Å². The topological polar surface area (TPSA) is 37.3 Å². The third-order valence-electron chi connectivity index (χ3n) is 11.4. The van der Waals surface area contributed by atoms with E-state index in [4.69, 9.17) is 0 Å². The fraction of sp³-hybridized carbons (Fsp3) is 0.893. The van der Waals surface area contributed by atoms with Gasteiger partial charge in [0.2, 0.25) is 0 Å². The van der Waals surface area contributed by atoms with Crippen LogP contribution in [0.5, 0.6) is 0 Å². The summed E-state index contributed by atoms with van der Waals surface area (Å²) >= 11 is 0. The Kier molecular flexibility index (Phi) is 5.93. The van der Waals surface area contributed by atoms with Crippen LogP contribution in [0.1, 0.15) is 98.3 Å². The summed E-state index contributed by atoms with van der Waals surface area (Å²) in [5.41, 5.74) is 1.13. The molecule has 5 fully saturated rings. The van der Waals surface area contributed by atoms with Crippen LogP contribution in [0.2, 0.25) is 0 Å². The van der Waals surface area contributed by atoms with Gasteiger partial charge in [0, 0.05) is 18.9 Å². The van der Waals surface area contributed by atoms with Crippen molar-refractivity contribution in [3.63, 3.8) is 0 Å². The highest BCUT2D eigenvalue weighted by Gasteiger charge is 2.64. The Balaban J connectivity index is 0.000000687. The molecule has 5 saturated carbocycles. The number of carbonyl (C=O) groups excluding carboxylic acids is 1. The van der Waals surface area contributed by atoms with Gasteiger partial charge in [-0.3, -0.25) is 4.79 Å². The Morgan fingerprint density at radius 2 is 1.63 bits per heavy atom. The minimum atomic E-state index is 0.275. The Labute approximate surface area is 185 Å². The van der Waals surface area contributed by atoms with Gasteiger partial charge in [0.25, 0.3) is 0 Å². The Morgan fingerprint density at radius 1 is 0.967 bits per heavy atom. The van der Waals surface area contributed by atoms with Gasteiger partial charge < -0.3 is 5.11 Å². The lowest BCUT2D eigenvalue weighted by Crippen LogP contribution is -2.61. The van der Waals surface area contributed by atoms with Crippen LogP contribution in [0.15, 0.2) is 0 Å². The summed E-state index contributed by atoms with van der Waals surface area (Å²) in [5, 5.41) is 10.3. The van der Waals surface area contributed by atoms with Gasteiger partial charge in [0.15, 0.2) is 0 Å². The van der Waals surface area contributed by atoms with Crippen LogP contribution in [-0.2, 0) is 4.79 Å². The van der Waals surface area contributed by atoms with Crippen LogP contribution in [-0.4, -0.2) is 17.5 Å². The molecule has 1 N–H and O–H groups in total. The third-order valence-corrected chi connectivity index (χ3v) is 11.4. The first-order valence-corrected chi connectivity index (χ1v) is 12.8. The van der Waals surface area contributed by atoms with Crippen LogP contribution < -0.4 is 0 Å². The summed E-state index contributed by atoms with van der Waals surface area (Å²) in [6.07, 6.45) is 18.6. The number of rotatable bonds is 1. The van der Waals surface area contributed by atoms with Gasteiger partial charge >= 0.3 is 0 Å². The second-order valence-electron chi connectivity index (χ2n) is 12.2. The number of fused-ring (bicyclic) bond motifs is 7. The highest BCUT2D eigenvalue weighted by atomic mass is 16.3. The van der Waals surface area contributed by atoms with E-state index in [9.17, 15) is 9.90 Å². The fourth-order valence-corrected chi connectivity index (χ4v) is 10.0. The average molecular weight is 413 g/mol. The van der Waals surface area contributed by atoms with Gasteiger partial charge in [0.05, 0.1) is 0 Å². The number of ketones is 1. The van der Waals surface area contributed by atoms with E-state index in [0.717, 1.165) is 36.5 Å². The SMILES string of the molecule is C#CC.CC1C(=O)CCC2(C)C1CCC1(C)C3CCC4(CO)CCCC4C3CCC21. The van der Waals surface area contributed by atoms with E-state index in [2.05, 4.69) is 33.1 Å². The number of terminal acetylenes is 1. The zero-order valence-corrected chi connectivity index (χ0v) is 19.9. The third kappa shape index (κ3) is 3.05. The Morgan fingerprint density at radius 3 is 2.33 bits per heavy atom. The number of aliphatic hydroxyl groups is 1. The molecule has 0 bridgehead atoms. The highest BCUT2D eigenvalue weighted by Crippen LogP contribution is 2.71. The molecule has 0 amide bonds. The molecule has 0 aromatic carbocycles. The molecule has 30 heavy (non-hydrogen) atoms. The molecule has 9 atom stereocenters. The van der Waals surface area contributed by atoms with Crippen LogP contribution >= 0.6 is 0 Å². The van der Waals surface area contributed by atoms with Crippen LogP contribution in [0, 0.1) is 64.1 Å². The standard InChI is InChI=1S/C25H40O2.C3H4/c1-16-18-8-12-24(3)19-9-14-25(15-26)11-4-5-20(25)17(19)6-7-22(24)23(18,2)13-10-21(16)27;1-3-2/h16-20,22,26H,4-15H2,1-3H3;1H,2H3. The Bertz CT molecular complexity index is 706. The second-order valence-corrected chi connectivity index (χ2v) is 12.2. The number of carbonyl (C=O) groups is 1. The van der Waals surface area contributed by atoms with E-state index in [0.29, 0.717) is 29.1 Å². The average Bonchev–Trinajstić information content (AvgIpc) is 3.16. The van der Waals surface area contributed by atoms with Gasteiger partial charge in [0.1, 0.15) is 5.78 Å². The molecule has 168 valence electrons. The van der Waals surface area contributed by atoms with Gasteiger partial charge in [-0.2, -0.15) is 0 Å². The minimum Gasteiger partial charge on any atom is -0.396 e. The van der Waals surface area contributed by atoms with Gasteiger partial charge in [-0.25, -0.2) is 0 Å². The van der Waals surface area contributed by atoms with E-state index in [1.54, 1.807) is 6.92 Å². The molecule has 0 spiro atoms. The smallest absolute Gasteiger partial charge is 0.136 e. The fourth-order valence-electron chi connectivity index (χ4n) is 10.0. The number of aliphatic hydroxyl groups excluding tert-OH is 1. The first-order valence-electron chi connectivity index (χ1n) is 12.8. The van der Waals surface area contributed by atoms with Gasteiger partial charge in [-0.1, -0.05) is 27.2 Å². The maximum absolute atomic E-state index is 12.4. The van der Waals surface area contributed by atoms with E-state index in [1.807, 2.05) is 0 Å². The molecule has 5 rings (SSSR count). The summed E-state index contributed by atoms with van der Waals surface area (Å²) < 4.78 is 0. The van der Waals surface area contributed by atoms with Crippen molar-refractivity contribution in [2.24, 2.45) is 51.8 Å². The van der Waals surface area contributed by atoms with Crippen molar-refractivity contribution in [2.75, 3.05) is 6.61 Å². The van der Waals surface area contributed by atoms with Crippen LogP contribution in [0.3, 0.4) is 0 Å². The summed E-state index contributed by atoms with van der Waals surface area (Å²) in [5.74, 6) is 7.02. The lowest BCUT2D eigenvalue weighted by atomic mass is 9.38. The van der Waals surface area contributed by atoms with E-state index in [1.165, 1.54) is 57.8 Å². The lowest BCUT2D eigenvalue weighted by Gasteiger charge is -2.67. The molecular weight excluding hydrogens is 368 g/mol. The summed E-state index contributed by atoms with van der Waals surface area (Å²) in [6, 6.07) is 0. The second kappa shape index (κ2) is 7.95. The van der Waals surface area contributed by atoms with Crippen molar-refractivity contribution in [2.45, 2.75) is 98.3 Å². The number of hydrogen-bond donors (Lipinski definition) is 1. The largest absolute Gasteiger partial charge is 0.396 e. The van der Waals surface area contributed by atoms with Crippen molar-refractivity contribution in [1.29, 1.82) is 0 Å². The molecule has 5 aliphatic rings. The Hall–Kier alpha value is -0.810. The zero-order chi connectivity index (χ0) is 21.7.